The molecule has 2 heterocycles. The maximum atomic E-state index is 12.3. The van der Waals surface area contributed by atoms with Crippen LogP contribution in [0.1, 0.15) is 31.0 Å². The molecule has 0 radical (unpaired) electrons. The van der Waals surface area contributed by atoms with Gasteiger partial charge < -0.3 is 14.7 Å². The lowest BCUT2D eigenvalue weighted by atomic mass is 10.1. The van der Waals surface area contributed by atoms with E-state index in [0.29, 0.717) is 36.1 Å². The summed E-state index contributed by atoms with van der Waals surface area (Å²) in [5.41, 5.74) is 0.838. The Morgan fingerprint density at radius 2 is 2.12 bits per heavy atom. The molecule has 2 unspecified atom stereocenters. The Hall–Kier alpha value is -1.63. The van der Waals surface area contributed by atoms with Gasteiger partial charge >= 0.3 is 0 Å². The summed E-state index contributed by atoms with van der Waals surface area (Å²) >= 11 is 5.89. The highest BCUT2D eigenvalue weighted by Gasteiger charge is 2.35. The number of carbonyl (C=O) groups excluding carboxylic acids is 1. The Balaban J connectivity index is 0.00000208. The van der Waals surface area contributed by atoms with Crippen LogP contribution < -0.4 is 10.2 Å². The van der Waals surface area contributed by atoms with Crippen molar-refractivity contribution in [2.24, 2.45) is 0 Å². The Kier molecular flexibility index (Phi) is 6.21. The molecule has 130 valence electrons. The average Bonchev–Trinajstić information content (AvgIpc) is 3.15. The van der Waals surface area contributed by atoms with Crippen molar-refractivity contribution in [3.8, 4) is 0 Å². The van der Waals surface area contributed by atoms with Crippen molar-refractivity contribution in [3.63, 3.8) is 0 Å². The standard InChI is InChI=1S/C16H19ClN4O2.ClH/c1-10(18-2)7-14-19-16(23-20-14)11-8-15(22)21(9-11)13-5-3-12(17)4-6-13;/h3-6,10-11,18H,7-9H2,1-2H3;1H. The van der Waals surface area contributed by atoms with Crippen molar-refractivity contribution in [1.29, 1.82) is 0 Å². The normalized spacial score (nSPS) is 18.5. The number of rotatable bonds is 5. The van der Waals surface area contributed by atoms with E-state index in [2.05, 4.69) is 22.4 Å². The van der Waals surface area contributed by atoms with E-state index in [1.807, 2.05) is 19.2 Å². The van der Waals surface area contributed by atoms with E-state index >= 15 is 0 Å². The van der Waals surface area contributed by atoms with Crippen molar-refractivity contribution in [2.75, 3.05) is 18.5 Å². The van der Waals surface area contributed by atoms with E-state index in [4.69, 9.17) is 16.1 Å². The van der Waals surface area contributed by atoms with E-state index in [9.17, 15) is 4.79 Å². The first-order chi connectivity index (χ1) is 11.1. The molecule has 1 N–H and O–H groups in total. The minimum atomic E-state index is -0.0654. The fraction of sp³-hybridized carbons (Fsp3) is 0.438. The van der Waals surface area contributed by atoms with Gasteiger partial charge in [0, 0.05) is 36.1 Å². The summed E-state index contributed by atoms with van der Waals surface area (Å²) in [4.78, 5) is 18.4. The first-order valence-corrected chi connectivity index (χ1v) is 8.00. The molecule has 8 heteroatoms. The van der Waals surface area contributed by atoms with Gasteiger partial charge in [-0.2, -0.15) is 4.98 Å². The summed E-state index contributed by atoms with van der Waals surface area (Å²) in [6, 6.07) is 7.52. The van der Waals surface area contributed by atoms with Gasteiger partial charge in [0.25, 0.3) is 0 Å². The van der Waals surface area contributed by atoms with Gasteiger partial charge in [-0.1, -0.05) is 16.8 Å². The lowest BCUT2D eigenvalue weighted by Gasteiger charge is -2.15. The first-order valence-electron chi connectivity index (χ1n) is 7.62. The molecule has 1 aliphatic heterocycles. The van der Waals surface area contributed by atoms with Crippen LogP contribution in [0.3, 0.4) is 0 Å². The van der Waals surface area contributed by atoms with Crippen LogP contribution in [-0.2, 0) is 11.2 Å². The number of anilines is 1. The van der Waals surface area contributed by atoms with Crippen LogP contribution in [0.15, 0.2) is 28.8 Å². The molecule has 6 nitrogen and oxygen atoms in total. The number of hydrogen-bond donors (Lipinski definition) is 1. The maximum absolute atomic E-state index is 12.3. The molecule has 2 atom stereocenters. The van der Waals surface area contributed by atoms with Crippen LogP contribution in [0.4, 0.5) is 5.69 Å². The van der Waals surface area contributed by atoms with E-state index in [-0.39, 0.29) is 30.3 Å². The van der Waals surface area contributed by atoms with E-state index in [1.165, 1.54) is 0 Å². The fourth-order valence-electron chi connectivity index (χ4n) is 2.64. The summed E-state index contributed by atoms with van der Waals surface area (Å²) in [5.74, 6) is 1.19. The third-order valence-electron chi connectivity index (χ3n) is 4.08. The van der Waals surface area contributed by atoms with Crippen LogP contribution in [-0.4, -0.2) is 35.7 Å². The largest absolute Gasteiger partial charge is 0.339 e. The van der Waals surface area contributed by atoms with Crippen LogP contribution in [0.2, 0.25) is 5.02 Å². The van der Waals surface area contributed by atoms with E-state index < -0.39 is 0 Å². The molecular weight excluding hydrogens is 351 g/mol. The summed E-state index contributed by atoms with van der Waals surface area (Å²) in [6.07, 6.45) is 1.08. The molecule has 0 bridgehead atoms. The zero-order chi connectivity index (χ0) is 16.4. The third-order valence-corrected chi connectivity index (χ3v) is 4.33. The summed E-state index contributed by atoms with van der Waals surface area (Å²) in [7, 11) is 1.89. The molecule has 1 amide bonds. The number of amides is 1. The van der Waals surface area contributed by atoms with E-state index in [0.717, 1.165) is 5.69 Å². The quantitative estimate of drug-likeness (QED) is 0.875. The zero-order valence-electron chi connectivity index (χ0n) is 13.5. The SMILES string of the molecule is CNC(C)Cc1noc(C2CC(=O)N(c3ccc(Cl)cc3)C2)n1.Cl. The fourth-order valence-corrected chi connectivity index (χ4v) is 2.76. The highest BCUT2D eigenvalue weighted by molar-refractivity contribution is 6.30. The number of likely N-dealkylation sites (N-methyl/N-ethyl adjacent to an activating group) is 1. The van der Waals surface area contributed by atoms with Gasteiger partial charge in [0.1, 0.15) is 0 Å². The topological polar surface area (TPSA) is 71.3 Å². The minimum absolute atomic E-state index is 0. The predicted molar refractivity (Wildman–Crippen MR) is 94.9 cm³/mol. The monoisotopic (exact) mass is 370 g/mol. The lowest BCUT2D eigenvalue weighted by molar-refractivity contribution is -0.117. The lowest BCUT2D eigenvalue weighted by Crippen LogP contribution is -2.24. The number of carbonyl (C=O) groups is 1. The molecular formula is C16H20Cl2N4O2. The van der Waals surface area contributed by atoms with Crippen molar-refractivity contribution < 1.29 is 9.32 Å². The molecule has 1 aliphatic rings. The Labute approximate surface area is 152 Å². The maximum Gasteiger partial charge on any atom is 0.232 e. The highest BCUT2D eigenvalue weighted by Crippen LogP contribution is 2.31. The molecule has 24 heavy (non-hydrogen) atoms. The Morgan fingerprint density at radius 1 is 1.42 bits per heavy atom. The van der Waals surface area contributed by atoms with Crippen LogP contribution in [0.25, 0.3) is 0 Å². The van der Waals surface area contributed by atoms with Gasteiger partial charge in [-0.05, 0) is 38.2 Å². The van der Waals surface area contributed by atoms with Crippen LogP contribution in [0.5, 0.6) is 0 Å². The number of aromatic nitrogens is 2. The van der Waals surface area contributed by atoms with Crippen molar-refractivity contribution >= 4 is 35.6 Å². The molecule has 1 aromatic carbocycles. The number of hydrogen-bond acceptors (Lipinski definition) is 5. The minimum Gasteiger partial charge on any atom is -0.339 e. The summed E-state index contributed by atoms with van der Waals surface area (Å²) in [5, 5.41) is 7.80. The number of nitrogens with one attached hydrogen (secondary N) is 1. The van der Waals surface area contributed by atoms with Gasteiger partial charge in [-0.15, -0.1) is 12.4 Å². The van der Waals surface area contributed by atoms with Gasteiger partial charge in [0.05, 0.1) is 5.92 Å². The molecule has 0 saturated carbocycles. The molecule has 0 aliphatic carbocycles. The molecule has 1 fully saturated rings. The average molecular weight is 371 g/mol. The van der Waals surface area contributed by atoms with Crippen LogP contribution in [0, 0.1) is 0 Å². The molecule has 2 aromatic rings. The zero-order valence-corrected chi connectivity index (χ0v) is 15.1. The second-order valence-electron chi connectivity index (χ2n) is 5.82. The van der Waals surface area contributed by atoms with Crippen molar-refractivity contribution in [1.82, 2.24) is 15.5 Å². The van der Waals surface area contributed by atoms with Crippen LogP contribution >= 0.6 is 24.0 Å². The van der Waals surface area contributed by atoms with Gasteiger partial charge in [-0.3, -0.25) is 4.79 Å². The highest BCUT2D eigenvalue weighted by atomic mass is 35.5. The third kappa shape index (κ3) is 4.06. The summed E-state index contributed by atoms with van der Waals surface area (Å²) < 4.78 is 5.36. The molecule has 1 aromatic heterocycles. The molecule has 1 saturated heterocycles. The number of halogens is 2. The second kappa shape index (κ2) is 7.96. The number of benzene rings is 1. The van der Waals surface area contributed by atoms with Crippen molar-refractivity contribution in [2.45, 2.75) is 31.7 Å². The van der Waals surface area contributed by atoms with E-state index in [1.54, 1.807) is 17.0 Å². The van der Waals surface area contributed by atoms with Gasteiger partial charge in [0.2, 0.25) is 11.8 Å². The Morgan fingerprint density at radius 3 is 2.79 bits per heavy atom. The Bertz CT molecular complexity index is 690. The molecule has 0 spiro atoms. The summed E-state index contributed by atoms with van der Waals surface area (Å²) in [6.45, 7) is 2.60. The van der Waals surface area contributed by atoms with Gasteiger partial charge in [0.15, 0.2) is 5.82 Å². The smallest absolute Gasteiger partial charge is 0.232 e. The van der Waals surface area contributed by atoms with Gasteiger partial charge in [-0.25, -0.2) is 0 Å². The van der Waals surface area contributed by atoms with Crippen molar-refractivity contribution in [3.05, 3.63) is 41.0 Å². The first kappa shape index (κ1) is 18.7. The second-order valence-corrected chi connectivity index (χ2v) is 6.26. The number of nitrogens with zero attached hydrogens (tertiary/aromatic N) is 3. The predicted octanol–water partition coefficient (Wildman–Crippen LogP) is 2.82. The molecule has 3 rings (SSSR count).